The number of carbonyl (C=O) groups excluding carboxylic acids is 1. The molecule has 23 heavy (non-hydrogen) atoms. The van der Waals surface area contributed by atoms with Crippen molar-refractivity contribution in [1.82, 2.24) is 5.32 Å². The van der Waals surface area contributed by atoms with Crippen LogP contribution in [0.25, 0.3) is 0 Å². The molecule has 0 bridgehead atoms. The molecule has 5 nitrogen and oxygen atoms in total. The highest BCUT2D eigenvalue weighted by molar-refractivity contribution is 7.92. The third-order valence-corrected chi connectivity index (χ3v) is 4.33. The van der Waals surface area contributed by atoms with Crippen molar-refractivity contribution in [2.24, 2.45) is 0 Å². The van der Waals surface area contributed by atoms with E-state index in [4.69, 9.17) is 0 Å². The highest BCUT2D eigenvalue weighted by atomic mass is 32.2. The number of carbonyl (C=O) groups is 1. The van der Waals surface area contributed by atoms with E-state index in [0.717, 1.165) is 6.07 Å². The molecular formula is C16H15FN2O3S. The van der Waals surface area contributed by atoms with Crippen LogP contribution in [0.5, 0.6) is 0 Å². The Labute approximate surface area is 133 Å². The molecule has 0 radical (unpaired) electrons. The van der Waals surface area contributed by atoms with Crippen LogP contribution in [0.3, 0.4) is 0 Å². The summed E-state index contributed by atoms with van der Waals surface area (Å²) in [5.41, 5.74) is 0.178. The van der Waals surface area contributed by atoms with E-state index < -0.39 is 15.8 Å². The second-order valence-corrected chi connectivity index (χ2v) is 6.29. The van der Waals surface area contributed by atoms with E-state index in [1.807, 2.05) is 0 Å². The van der Waals surface area contributed by atoms with E-state index in [1.165, 1.54) is 48.5 Å². The lowest BCUT2D eigenvalue weighted by Gasteiger charge is -2.09. The summed E-state index contributed by atoms with van der Waals surface area (Å²) in [6, 6.07) is 10.8. The van der Waals surface area contributed by atoms with E-state index in [0.29, 0.717) is 12.1 Å². The normalized spacial score (nSPS) is 10.8. The molecular weight excluding hydrogens is 319 g/mol. The van der Waals surface area contributed by atoms with E-state index in [-0.39, 0.29) is 16.5 Å². The fourth-order valence-electron chi connectivity index (χ4n) is 1.80. The lowest BCUT2D eigenvalue weighted by atomic mass is 10.2. The molecule has 0 fully saturated rings. The molecule has 0 aliphatic heterocycles. The van der Waals surface area contributed by atoms with Gasteiger partial charge in [0.2, 0.25) is 0 Å². The fraction of sp³-hybridized carbons (Fsp3) is 0.0625. The summed E-state index contributed by atoms with van der Waals surface area (Å²) >= 11 is 0. The first-order chi connectivity index (χ1) is 10.9. The quantitative estimate of drug-likeness (QED) is 0.797. The van der Waals surface area contributed by atoms with Crippen molar-refractivity contribution in [3.8, 4) is 0 Å². The number of benzene rings is 2. The molecule has 120 valence electrons. The Morgan fingerprint density at radius 3 is 2.39 bits per heavy atom. The summed E-state index contributed by atoms with van der Waals surface area (Å²) in [4.78, 5) is 11.7. The number of hydrogen-bond donors (Lipinski definition) is 2. The molecule has 0 spiro atoms. The minimum Gasteiger partial charge on any atom is -0.349 e. The van der Waals surface area contributed by atoms with Crippen LogP contribution < -0.4 is 10.0 Å². The third-order valence-electron chi connectivity index (χ3n) is 2.95. The van der Waals surface area contributed by atoms with Crippen molar-refractivity contribution in [2.75, 3.05) is 11.3 Å². The van der Waals surface area contributed by atoms with Gasteiger partial charge in [0.15, 0.2) is 0 Å². The van der Waals surface area contributed by atoms with Gasteiger partial charge in [0.1, 0.15) is 5.82 Å². The Morgan fingerprint density at radius 2 is 1.78 bits per heavy atom. The predicted octanol–water partition coefficient (Wildman–Crippen LogP) is 2.54. The largest absolute Gasteiger partial charge is 0.349 e. The summed E-state index contributed by atoms with van der Waals surface area (Å²) < 4.78 is 40.1. The standard InChI is InChI=1S/C16H15FN2O3S/c1-2-11-18-16(20)12-7-9-13(10-8-12)23(21,22)19-15-6-4-3-5-14(15)17/h2-10,19H,1,11H2,(H,18,20). The minimum absolute atomic E-state index is 0.0685. The van der Waals surface area contributed by atoms with Crippen LogP contribution >= 0.6 is 0 Å². The van der Waals surface area contributed by atoms with E-state index in [1.54, 1.807) is 0 Å². The monoisotopic (exact) mass is 334 g/mol. The van der Waals surface area contributed by atoms with Gasteiger partial charge in [-0.2, -0.15) is 0 Å². The summed E-state index contributed by atoms with van der Waals surface area (Å²) in [6.07, 6.45) is 1.54. The molecule has 2 rings (SSSR count). The van der Waals surface area contributed by atoms with Crippen LogP contribution in [-0.2, 0) is 10.0 Å². The molecule has 2 aromatic rings. The maximum atomic E-state index is 13.5. The van der Waals surface area contributed by atoms with Crippen molar-refractivity contribution in [2.45, 2.75) is 4.90 Å². The minimum atomic E-state index is -3.93. The van der Waals surface area contributed by atoms with Gasteiger partial charge in [-0.25, -0.2) is 12.8 Å². The number of amides is 1. The number of anilines is 1. The van der Waals surface area contributed by atoms with Gasteiger partial charge in [0.05, 0.1) is 10.6 Å². The van der Waals surface area contributed by atoms with Crippen LogP contribution in [-0.4, -0.2) is 20.9 Å². The van der Waals surface area contributed by atoms with Gasteiger partial charge >= 0.3 is 0 Å². The summed E-state index contributed by atoms with van der Waals surface area (Å²) in [7, 11) is -3.93. The highest BCUT2D eigenvalue weighted by Crippen LogP contribution is 2.19. The number of rotatable bonds is 6. The van der Waals surface area contributed by atoms with Crippen molar-refractivity contribution < 1.29 is 17.6 Å². The first kappa shape index (κ1) is 16.7. The molecule has 0 unspecified atom stereocenters. The number of para-hydroxylation sites is 1. The molecule has 0 aromatic heterocycles. The van der Waals surface area contributed by atoms with Gasteiger partial charge in [-0.05, 0) is 36.4 Å². The highest BCUT2D eigenvalue weighted by Gasteiger charge is 2.16. The average Bonchev–Trinajstić information content (AvgIpc) is 2.55. The van der Waals surface area contributed by atoms with Crippen molar-refractivity contribution in [3.63, 3.8) is 0 Å². The molecule has 1 amide bonds. The Balaban J connectivity index is 2.19. The number of sulfonamides is 1. The lowest BCUT2D eigenvalue weighted by Crippen LogP contribution is -2.23. The lowest BCUT2D eigenvalue weighted by molar-refractivity contribution is 0.0958. The summed E-state index contributed by atoms with van der Waals surface area (Å²) in [5.74, 6) is -1.01. The first-order valence-electron chi connectivity index (χ1n) is 6.70. The number of hydrogen-bond acceptors (Lipinski definition) is 3. The first-order valence-corrected chi connectivity index (χ1v) is 8.19. The van der Waals surface area contributed by atoms with E-state index >= 15 is 0 Å². The fourth-order valence-corrected chi connectivity index (χ4v) is 2.87. The van der Waals surface area contributed by atoms with Gasteiger partial charge < -0.3 is 5.32 Å². The molecule has 0 aliphatic rings. The number of halogens is 1. The van der Waals surface area contributed by atoms with Crippen molar-refractivity contribution in [1.29, 1.82) is 0 Å². The van der Waals surface area contributed by atoms with Gasteiger partial charge in [0, 0.05) is 12.1 Å². The maximum Gasteiger partial charge on any atom is 0.261 e. The zero-order valence-electron chi connectivity index (χ0n) is 12.1. The molecule has 0 heterocycles. The Hall–Kier alpha value is -2.67. The summed E-state index contributed by atoms with van der Waals surface area (Å²) in [5, 5.41) is 2.58. The van der Waals surface area contributed by atoms with Crippen LogP contribution in [0.4, 0.5) is 10.1 Å². The Kier molecular flexibility index (Phi) is 5.13. The second-order valence-electron chi connectivity index (χ2n) is 4.61. The van der Waals surface area contributed by atoms with Crippen LogP contribution in [0.2, 0.25) is 0 Å². The van der Waals surface area contributed by atoms with E-state index in [2.05, 4.69) is 16.6 Å². The molecule has 0 atom stereocenters. The topological polar surface area (TPSA) is 75.3 Å². The molecule has 0 saturated heterocycles. The SMILES string of the molecule is C=CCNC(=O)c1ccc(S(=O)(=O)Nc2ccccc2F)cc1. The van der Waals surface area contributed by atoms with Crippen LogP contribution in [0.1, 0.15) is 10.4 Å². The maximum absolute atomic E-state index is 13.5. The van der Waals surface area contributed by atoms with Crippen LogP contribution in [0, 0.1) is 5.82 Å². The van der Waals surface area contributed by atoms with Gasteiger partial charge in [-0.3, -0.25) is 9.52 Å². The second kappa shape index (κ2) is 7.06. The Morgan fingerprint density at radius 1 is 1.13 bits per heavy atom. The molecule has 7 heteroatoms. The molecule has 0 saturated carbocycles. The number of nitrogens with one attached hydrogen (secondary N) is 2. The van der Waals surface area contributed by atoms with Crippen molar-refractivity contribution in [3.05, 3.63) is 72.6 Å². The molecule has 2 aromatic carbocycles. The Bertz CT molecular complexity index is 817. The average molecular weight is 334 g/mol. The molecule has 0 aliphatic carbocycles. The third kappa shape index (κ3) is 4.17. The zero-order valence-corrected chi connectivity index (χ0v) is 12.9. The van der Waals surface area contributed by atoms with Crippen molar-refractivity contribution >= 4 is 21.6 Å². The van der Waals surface area contributed by atoms with Gasteiger partial charge in [-0.15, -0.1) is 6.58 Å². The van der Waals surface area contributed by atoms with Crippen LogP contribution in [0.15, 0.2) is 66.1 Å². The van der Waals surface area contributed by atoms with E-state index in [9.17, 15) is 17.6 Å². The molecule has 2 N–H and O–H groups in total. The van der Waals surface area contributed by atoms with Gasteiger partial charge in [0.25, 0.3) is 15.9 Å². The smallest absolute Gasteiger partial charge is 0.261 e. The predicted molar refractivity (Wildman–Crippen MR) is 86.2 cm³/mol. The zero-order chi connectivity index (χ0) is 16.9. The van der Waals surface area contributed by atoms with Gasteiger partial charge in [-0.1, -0.05) is 18.2 Å². The summed E-state index contributed by atoms with van der Waals surface area (Å²) in [6.45, 7) is 3.80.